The van der Waals surface area contributed by atoms with E-state index in [1.54, 1.807) is 6.20 Å². The van der Waals surface area contributed by atoms with Gasteiger partial charge in [0.15, 0.2) is 0 Å². The minimum absolute atomic E-state index is 0.108. The van der Waals surface area contributed by atoms with Gasteiger partial charge in [-0.25, -0.2) is 4.98 Å². The lowest BCUT2D eigenvalue weighted by molar-refractivity contribution is 0.317. The molecule has 0 unspecified atom stereocenters. The standard InChI is InChI=1S/C25H30N6/c1-25(2,3)30-18-11-14-31(15-12-18)23-20-9-4-5-10-22(20)29-24(21(23)16-26)28-17-19-8-6-7-13-27-19/h4-10,13,18,30H,11-12,14-15,17H2,1-3H3,(H,28,29). The van der Waals surface area contributed by atoms with Crippen LogP contribution in [0.15, 0.2) is 48.7 Å². The molecule has 6 nitrogen and oxygen atoms in total. The second-order valence-electron chi connectivity index (χ2n) is 9.14. The molecule has 31 heavy (non-hydrogen) atoms. The number of benzene rings is 1. The molecule has 1 saturated heterocycles. The van der Waals surface area contributed by atoms with Crippen LogP contribution in [0.4, 0.5) is 11.5 Å². The van der Waals surface area contributed by atoms with Crippen LogP contribution < -0.4 is 15.5 Å². The summed E-state index contributed by atoms with van der Waals surface area (Å²) in [4.78, 5) is 11.5. The summed E-state index contributed by atoms with van der Waals surface area (Å²) in [6, 6.07) is 16.9. The van der Waals surface area contributed by atoms with Gasteiger partial charge >= 0.3 is 0 Å². The van der Waals surface area contributed by atoms with Crippen molar-refractivity contribution in [2.24, 2.45) is 0 Å². The Kier molecular flexibility index (Phi) is 6.06. The largest absolute Gasteiger partial charge is 0.370 e. The van der Waals surface area contributed by atoms with Crippen molar-refractivity contribution in [1.29, 1.82) is 5.26 Å². The van der Waals surface area contributed by atoms with Crippen LogP contribution in [-0.4, -0.2) is 34.6 Å². The second-order valence-corrected chi connectivity index (χ2v) is 9.14. The predicted octanol–water partition coefficient (Wildman–Crippen LogP) is 4.47. The van der Waals surface area contributed by atoms with Crippen LogP contribution in [0.3, 0.4) is 0 Å². The lowest BCUT2D eigenvalue weighted by Crippen LogP contribution is -2.49. The van der Waals surface area contributed by atoms with Crippen molar-refractivity contribution in [2.45, 2.75) is 51.7 Å². The molecule has 0 bridgehead atoms. The number of nitrogens with zero attached hydrogens (tertiary/aromatic N) is 4. The SMILES string of the molecule is CC(C)(C)NC1CCN(c2c(C#N)c(NCc3ccccn3)nc3ccccc23)CC1. The molecule has 2 aromatic heterocycles. The van der Waals surface area contributed by atoms with E-state index in [4.69, 9.17) is 4.98 Å². The first-order chi connectivity index (χ1) is 14.9. The summed E-state index contributed by atoms with van der Waals surface area (Å²) >= 11 is 0. The van der Waals surface area contributed by atoms with Crippen molar-refractivity contribution in [3.63, 3.8) is 0 Å². The van der Waals surface area contributed by atoms with Crippen molar-refractivity contribution in [2.75, 3.05) is 23.3 Å². The molecule has 0 saturated carbocycles. The molecule has 1 aliphatic rings. The van der Waals surface area contributed by atoms with Gasteiger partial charge in [-0.3, -0.25) is 4.98 Å². The van der Waals surface area contributed by atoms with E-state index in [0.717, 1.165) is 48.2 Å². The van der Waals surface area contributed by atoms with E-state index in [0.29, 0.717) is 24.0 Å². The Morgan fingerprint density at radius 1 is 1.10 bits per heavy atom. The molecular formula is C25H30N6. The highest BCUT2D eigenvalue weighted by atomic mass is 15.2. The number of hydrogen-bond donors (Lipinski definition) is 2. The number of piperidine rings is 1. The number of aromatic nitrogens is 2. The van der Waals surface area contributed by atoms with Crippen LogP contribution in [0.2, 0.25) is 0 Å². The average Bonchev–Trinajstić information content (AvgIpc) is 2.77. The predicted molar refractivity (Wildman–Crippen MR) is 126 cm³/mol. The summed E-state index contributed by atoms with van der Waals surface area (Å²) in [6.07, 6.45) is 3.88. The smallest absolute Gasteiger partial charge is 0.147 e. The molecule has 0 spiro atoms. The quantitative estimate of drug-likeness (QED) is 0.641. The summed E-state index contributed by atoms with van der Waals surface area (Å²) in [7, 11) is 0. The van der Waals surface area contributed by atoms with Crippen molar-refractivity contribution in [3.05, 3.63) is 59.9 Å². The number of para-hydroxylation sites is 1. The molecule has 160 valence electrons. The highest BCUT2D eigenvalue weighted by molar-refractivity contribution is 5.97. The Morgan fingerprint density at radius 2 is 1.84 bits per heavy atom. The molecule has 6 heteroatoms. The Labute approximate surface area is 184 Å². The summed E-state index contributed by atoms with van der Waals surface area (Å²) in [6.45, 7) is 8.99. The van der Waals surface area contributed by atoms with E-state index >= 15 is 0 Å². The normalized spacial score (nSPS) is 15.1. The zero-order valence-electron chi connectivity index (χ0n) is 18.5. The van der Waals surface area contributed by atoms with E-state index in [-0.39, 0.29) is 5.54 Å². The monoisotopic (exact) mass is 414 g/mol. The zero-order valence-corrected chi connectivity index (χ0v) is 18.5. The molecule has 3 heterocycles. The zero-order chi connectivity index (χ0) is 21.8. The topological polar surface area (TPSA) is 76.9 Å². The van der Waals surface area contributed by atoms with Gasteiger partial charge in [0.1, 0.15) is 17.5 Å². The third kappa shape index (κ3) is 4.95. The molecule has 0 radical (unpaired) electrons. The lowest BCUT2D eigenvalue weighted by atomic mass is 9.98. The Morgan fingerprint density at radius 3 is 2.52 bits per heavy atom. The fourth-order valence-electron chi connectivity index (χ4n) is 4.29. The van der Waals surface area contributed by atoms with Crippen LogP contribution >= 0.6 is 0 Å². The molecule has 0 atom stereocenters. The van der Waals surface area contributed by atoms with Gasteiger partial charge in [-0.05, 0) is 51.8 Å². The molecule has 3 aromatic rings. The van der Waals surface area contributed by atoms with E-state index in [2.05, 4.69) is 53.4 Å². The van der Waals surface area contributed by atoms with E-state index in [1.165, 1.54) is 0 Å². The second kappa shape index (κ2) is 8.91. The van der Waals surface area contributed by atoms with Gasteiger partial charge in [0.2, 0.25) is 0 Å². The molecule has 2 N–H and O–H groups in total. The third-order valence-corrected chi connectivity index (χ3v) is 5.59. The van der Waals surface area contributed by atoms with Gasteiger partial charge in [-0.2, -0.15) is 5.26 Å². The fourth-order valence-corrected chi connectivity index (χ4v) is 4.29. The Hall–Kier alpha value is -3.17. The van der Waals surface area contributed by atoms with Gasteiger partial charge in [-0.15, -0.1) is 0 Å². The van der Waals surface area contributed by atoms with Crippen LogP contribution in [0.1, 0.15) is 44.9 Å². The van der Waals surface area contributed by atoms with Crippen molar-refractivity contribution in [1.82, 2.24) is 15.3 Å². The summed E-state index contributed by atoms with van der Waals surface area (Å²) in [5, 5.41) is 18.2. The van der Waals surface area contributed by atoms with Gasteiger partial charge in [0.05, 0.1) is 23.4 Å². The molecule has 0 amide bonds. The third-order valence-electron chi connectivity index (χ3n) is 5.59. The molecule has 1 aromatic carbocycles. The highest BCUT2D eigenvalue weighted by Crippen LogP contribution is 2.35. The van der Waals surface area contributed by atoms with E-state index in [1.807, 2.05) is 36.4 Å². The maximum Gasteiger partial charge on any atom is 0.147 e. The maximum atomic E-state index is 10.1. The van der Waals surface area contributed by atoms with Gasteiger partial charge in [0, 0.05) is 36.3 Å². The summed E-state index contributed by atoms with van der Waals surface area (Å²) in [5.41, 5.74) is 3.52. The maximum absolute atomic E-state index is 10.1. The number of pyridine rings is 2. The van der Waals surface area contributed by atoms with Crippen LogP contribution in [0, 0.1) is 11.3 Å². The first kappa shape index (κ1) is 21.1. The van der Waals surface area contributed by atoms with Gasteiger partial charge in [-0.1, -0.05) is 24.3 Å². The number of nitrogens with one attached hydrogen (secondary N) is 2. The van der Waals surface area contributed by atoms with Gasteiger partial charge in [0.25, 0.3) is 0 Å². The van der Waals surface area contributed by atoms with Crippen molar-refractivity contribution < 1.29 is 0 Å². The lowest BCUT2D eigenvalue weighted by Gasteiger charge is -2.38. The minimum atomic E-state index is 0.108. The number of fused-ring (bicyclic) bond motifs is 1. The number of hydrogen-bond acceptors (Lipinski definition) is 6. The van der Waals surface area contributed by atoms with E-state index in [9.17, 15) is 5.26 Å². The molecule has 1 fully saturated rings. The number of nitriles is 1. The molecule has 0 aliphatic carbocycles. The number of rotatable bonds is 5. The molecule has 1 aliphatic heterocycles. The van der Waals surface area contributed by atoms with Crippen LogP contribution in [0.5, 0.6) is 0 Å². The number of anilines is 2. The summed E-state index contributed by atoms with van der Waals surface area (Å²) in [5.74, 6) is 0.622. The fraction of sp³-hybridized carbons (Fsp3) is 0.400. The highest BCUT2D eigenvalue weighted by Gasteiger charge is 2.26. The first-order valence-corrected chi connectivity index (χ1v) is 10.9. The Balaban J connectivity index is 1.65. The van der Waals surface area contributed by atoms with Gasteiger partial charge < -0.3 is 15.5 Å². The van der Waals surface area contributed by atoms with E-state index < -0.39 is 0 Å². The summed E-state index contributed by atoms with van der Waals surface area (Å²) < 4.78 is 0. The Bertz CT molecular complexity index is 1070. The first-order valence-electron chi connectivity index (χ1n) is 10.9. The van der Waals surface area contributed by atoms with Crippen LogP contribution in [0.25, 0.3) is 10.9 Å². The minimum Gasteiger partial charge on any atom is -0.370 e. The average molecular weight is 415 g/mol. The van der Waals surface area contributed by atoms with Crippen molar-refractivity contribution in [3.8, 4) is 6.07 Å². The van der Waals surface area contributed by atoms with Crippen molar-refractivity contribution >= 4 is 22.4 Å². The van der Waals surface area contributed by atoms with Crippen LogP contribution in [-0.2, 0) is 6.54 Å². The molecule has 4 rings (SSSR count). The molecular weight excluding hydrogens is 384 g/mol.